The smallest absolute Gasteiger partial charge is 0.306 e. The summed E-state index contributed by atoms with van der Waals surface area (Å²) in [6, 6.07) is 7.35. The highest BCUT2D eigenvalue weighted by molar-refractivity contribution is 5.94. The summed E-state index contributed by atoms with van der Waals surface area (Å²) in [5.41, 5.74) is 1.75. The van der Waals surface area contributed by atoms with Gasteiger partial charge in [-0.15, -0.1) is 0 Å². The lowest BCUT2D eigenvalue weighted by Crippen LogP contribution is -2.22. The number of amides is 1. The van der Waals surface area contributed by atoms with E-state index in [4.69, 9.17) is 10.4 Å². The molecule has 104 valence electrons. The summed E-state index contributed by atoms with van der Waals surface area (Å²) in [7, 11) is 0. The van der Waals surface area contributed by atoms with Gasteiger partial charge in [-0.1, -0.05) is 12.1 Å². The minimum atomic E-state index is -0.839. The maximum atomic E-state index is 12.1. The van der Waals surface area contributed by atoms with E-state index in [1.807, 2.05) is 13.0 Å². The Morgan fingerprint density at radius 1 is 1.35 bits per heavy atom. The Kier molecular flexibility index (Phi) is 4.04. The highest BCUT2D eigenvalue weighted by atomic mass is 16.4. The molecule has 5 heteroatoms. The number of hydrogen-bond acceptors (Lipinski definition) is 3. The summed E-state index contributed by atoms with van der Waals surface area (Å²) >= 11 is 0. The summed E-state index contributed by atoms with van der Waals surface area (Å²) in [4.78, 5) is 23.0. The topological polar surface area (TPSA) is 90.2 Å². The Hall–Kier alpha value is -2.35. The second kappa shape index (κ2) is 5.74. The number of carbonyl (C=O) groups excluding carboxylic acids is 1. The van der Waals surface area contributed by atoms with E-state index in [2.05, 4.69) is 11.4 Å². The second-order valence-corrected chi connectivity index (χ2v) is 5.14. The van der Waals surface area contributed by atoms with Gasteiger partial charge in [-0.25, -0.2) is 0 Å². The lowest BCUT2D eigenvalue weighted by molar-refractivity contribution is -0.141. The summed E-state index contributed by atoms with van der Waals surface area (Å²) < 4.78 is 0. The van der Waals surface area contributed by atoms with Crippen LogP contribution in [0.3, 0.4) is 0 Å². The van der Waals surface area contributed by atoms with Gasteiger partial charge in [-0.2, -0.15) is 5.26 Å². The van der Waals surface area contributed by atoms with Crippen LogP contribution in [0.4, 0.5) is 5.69 Å². The third-order valence-electron chi connectivity index (χ3n) is 3.80. The van der Waals surface area contributed by atoms with E-state index in [0.29, 0.717) is 30.5 Å². The maximum absolute atomic E-state index is 12.1. The number of nitriles is 1. The van der Waals surface area contributed by atoms with Gasteiger partial charge in [0, 0.05) is 5.92 Å². The van der Waals surface area contributed by atoms with Crippen molar-refractivity contribution < 1.29 is 14.7 Å². The van der Waals surface area contributed by atoms with E-state index in [9.17, 15) is 9.59 Å². The number of benzene rings is 1. The molecule has 0 aliphatic heterocycles. The Labute approximate surface area is 117 Å². The average molecular weight is 272 g/mol. The van der Waals surface area contributed by atoms with Crippen LogP contribution >= 0.6 is 0 Å². The molecule has 0 saturated heterocycles. The van der Waals surface area contributed by atoms with Crippen molar-refractivity contribution in [1.29, 1.82) is 5.26 Å². The van der Waals surface area contributed by atoms with Crippen LogP contribution in [0.5, 0.6) is 0 Å². The van der Waals surface area contributed by atoms with Crippen molar-refractivity contribution in [3.05, 3.63) is 29.3 Å². The fourth-order valence-corrected chi connectivity index (χ4v) is 2.60. The zero-order valence-corrected chi connectivity index (χ0v) is 11.2. The van der Waals surface area contributed by atoms with Crippen LogP contribution in [0.2, 0.25) is 0 Å². The number of carbonyl (C=O) groups is 2. The molecular weight excluding hydrogens is 256 g/mol. The van der Waals surface area contributed by atoms with Gasteiger partial charge >= 0.3 is 5.97 Å². The van der Waals surface area contributed by atoms with Crippen LogP contribution in [0.25, 0.3) is 0 Å². The van der Waals surface area contributed by atoms with Crippen molar-refractivity contribution in [2.75, 3.05) is 5.32 Å². The molecule has 1 aliphatic rings. The highest BCUT2D eigenvalue weighted by Crippen LogP contribution is 2.32. The minimum Gasteiger partial charge on any atom is -0.481 e. The number of rotatable bonds is 3. The van der Waals surface area contributed by atoms with Crippen molar-refractivity contribution in [2.24, 2.45) is 11.8 Å². The minimum absolute atomic E-state index is 0.198. The molecule has 2 unspecified atom stereocenters. The molecule has 0 bridgehead atoms. The van der Waals surface area contributed by atoms with E-state index in [-0.39, 0.29) is 11.8 Å². The molecule has 5 nitrogen and oxygen atoms in total. The molecule has 0 aromatic heterocycles. The largest absolute Gasteiger partial charge is 0.481 e. The molecule has 2 atom stereocenters. The normalized spacial score (nSPS) is 21.2. The van der Waals surface area contributed by atoms with Crippen molar-refractivity contribution in [1.82, 2.24) is 0 Å². The Morgan fingerprint density at radius 3 is 2.65 bits per heavy atom. The van der Waals surface area contributed by atoms with Crippen molar-refractivity contribution in [3.8, 4) is 6.07 Å². The molecule has 1 fully saturated rings. The van der Waals surface area contributed by atoms with E-state index < -0.39 is 11.9 Å². The highest BCUT2D eigenvalue weighted by Gasteiger charge is 2.34. The van der Waals surface area contributed by atoms with E-state index in [1.165, 1.54) is 0 Å². The third kappa shape index (κ3) is 2.80. The molecule has 1 saturated carbocycles. The van der Waals surface area contributed by atoms with Gasteiger partial charge in [0.2, 0.25) is 5.91 Å². The predicted octanol–water partition coefficient (Wildman–Crippen LogP) is 2.31. The molecular formula is C15H16N2O3. The number of nitrogens with zero attached hydrogens (tertiary/aromatic N) is 1. The standard InChI is InChI=1S/C15H16N2O3/c1-9-3-2-4-13(12(9)8-16)17-14(18)10-5-6-11(7-10)15(19)20/h2-4,10-11H,5-7H2,1H3,(H,17,18)(H,19,20). The number of aryl methyl sites for hydroxylation is 1. The summed E-state index contributed by atoms with van der Waals surface area (Å²) in [6.07, 6.45) is 1.48. The van der Waals surface area contributed by atoms with Gasteiger partial charge < -0.3 is 10.4 Å². The summed E-state index contributed by atoms with van der Waals surface area (Å²) in [6.45, 7) is 1.81. The molecule has 2 N–H and O–H groups in total. The van der Waals surface area contributed by atoms with Crippen LogP contribution in [0.15, 0.2) is 18.2 Å². The van der Waals surface area contributed by atoms with Crippen molar-refractivity contribution in [2.45, 2.75) is 26.2 Å². The van der Waals surface area contributed by atoms with Gasteiger partial charge in [-0.05, 0) is 37.8 Å². The molecule has 2 rings (SSSR count). The fourth-order valence-electron chi connectivity index (χ4n) is 2.60. The third-order valence-corrected chi connectivity index (χ3v) is 3.80. The van der Waals surface area contributed by atoms with E-state index in [1.54, 1.807) is 12.1 Å². The zero-order valence-electron chi connectivity index (χ0n) is 11.2. The van der Waals surface area contributed by atoms with Crippen LogP contribution in [-0.2, 0) is 9.59 Å². The molecule has 1 aliphatic carbocycles. The first-order valence-corrected chi connectivity index (χ1v) is 6.56. The van der Waals surface area contributed by atoms with Crippen molar-refractivity contribution >= 4 is 17.6 Å². The average Bonchev–Trinajstić information content (AvgIpc) is 2.89. The maximum Gasteiger partial charge on any atom is 0.306 e. The molecule has 0 radical (unpaired) electrons. The second-order valence-electron chi connectivity index (χ2n) is 5.14. The van der Waals surface area contributed by atoms with E-state index >= 15 is 0 Å². The Morgan fingerprint density at radius 2 is 2.05 bits per heavy atom. The number of nitrogens with one attached hydrogen (secondary N) is 1. The van der Waals surface area contributed by atoms with Crippen LogP contribution in [-0.4, -0.2) is 17.0 Å². The number of carboxylic acid groups (broad SMARTS) is 1. The number of aliphatic carboxylic acids is 1. The quantitative estimate of drug-likeness (QED) is 0.883. The van der Waals surface area contributed by atoms with Crippen LogP contribution in [0.1, 0.15) is 30.4 Å². The molecule has 1 aromatic rings. The van der Waals surface area contributed by atoms with Gasteiger partial charge in [0.15, 0.2) is 0 Å². The first-order chi connectivity index (χ1) is 9.52. The van der Waals surface area contributed by atoms with Gasteiger partial charge in [0.25, 0.3) is 0 Å². The van der Waals surface area contributed by atoms with Gasteiger partial charge in [0.1, 0.15) is 6.07 Å². The molecule has 1 aromatic carbocycles. The number of carboxylic acids is 1. The van der Waals surface area contributed by atoms with Crippen LogP contribution in [0, 0.1) is 30.1 Å². The zero-order chi connectivity index (χ0) is 14.7. The Balaban J connectivity index is 2.08. The summed E-state index contributed by atoms with van der Waals surface area (Å²) in [5, 5.41) is 20.8. The molecule has 0 spiro atoms. The number of anilines is 1. The molecule has 1 amide bonds. The SMILES string of the molecule is Cc1cccc(NC(=O)C2CCC(C(=O)O)C2)c1C#N. The number of hydrogen-bond donors (Lipinski definition) is 2. The summed E-state index contributed by atoms with van der Waals surface area (Å²) in [5.74, 6) is -1.76. The van der Waals surface area contributed by atoms with Crippen LogP contribution < -0.4 is 5.32 Å². The first-order valence-electron chi connectivity index (χ1n) is 6.56. The van der Waals surface area contributed by atoms with Gasteiger partial charge in [-0.3, -0.25) is 9.59 Å². The molecule has 0 heterocycles. The van der Waals surface area contributed by atoms with Crippen molar-refractivity contribution in [3.63, 3.8) is 0 Å². The predicted molar refractivity (Wildman–Crippen MR) is 73.0 cm³/mol. The lowest BCUT2D eigenvalue weighted by atomic mass is 10.0. The fraction of sp³-hybridized carbons (Fsp3) is 0.400. The first kappa shape index (κ1) is 14.1. The monoisotopic (exact) mass is 272 g/mol. The lowest BCUT2D eigenvalue weighted by Gasteiger charge is -2.12. The Bertz CT molecular complexity index is 589. The molecule has 20 heavy (non-hydrogen) atoms. The van der Waals surface area contributed by atoms with E-state index in [0.717, 1.165) is 5.56 Å². The van der Waals surface area contributed by atoms with Gasteiger partial charge in [0.05, 0.1) is 17.2 Å².